The van der Waals surface area contributed by atoms with Crippen molar-refractivity contribution >= 4 is 5.97 Å². The van der Waals surface area contributed by atoms with Gasteiger partial charge >= 0.3 is 5.97 Å². The summed E-state index contributed by atoms with van der Waals surface area (Å²) in [6.07, 6.45) is 3.61. The van der Waals surface area contributed by atoms with Gasteiger partial charge in [-0.25, -0.2) is 0 Å². The molecule has 1 fully saturated rings. The summed E-state index contributed by atoms with van der Waals surface area (Å²) in [7, 11) is 0. The van der Waals surface area contributed by atoms with E-state index in [0.29, 0.717) is 6.04 Å². The molecule has 1 aliphatic rings. The zero-order chi connectivity index (χ0) is 8.27. The smallest absolute Gasteiger partial charge is 0.304 e. The average molecular weight is 157 g/mol. The Morgan fingerprint density at radius 3 is 2.91 bits per heavy atom. The highest BCUT2D eigenvalue weighted by Crippen LogP contribution is 2.14. The minimum Gasteiger partial charge on any atom is -0.481 e. The van der Waals surface area contributed by atoms with Crippen LogP contribution < -0.4 is 5.32 Å². The highest BCUT2D eigenvalue weighted by atomic mass is 16.4. The summed E-state index contributed by atoms with van der Waals surface area (Å²) in [5, 5.41) is 11.8. The second-order valence-corrected chi connectivity index (χ2v) is 3.29. The van der Waals surface area contributed by atoms with Crippen molar-refractivity contribution in [2.45, 2.75) is 44.7 Å². The van der Waals surface area contributed by atoms with Crippen LogP contribution in [0.5, 0.6) is 0 Å². The lowest BCUT2D eigenvalue weighted by Gasteiger charge is -2.27. The molecule has 0 aliphatic carbocycles. The van der Waals surface area contributed by atoms with Crippen LogP contribution in [0.3, 0.4) is 0 Å². The van der Waals surface area contributed by atoms with Crippen LogP contribution in [0.1, 0.15) is 32.6 Å². The Hall–Kier alpha value is -0.570. The molecule has 0 saturated carbocycles. The molecule has 0 aromatic rings. The monoisotopic (exact) mass is 157 g/mol. The molecule has 2 atom stereocenters. The quantitative estimate of drug-likeness (QED) is 0.628. The standard InChI is InChI=1S/C8H15NO2/c1-6-3-2-4-7(9-6)5-8(10)11/h6-7,9H,2-5H2,1H3,(H,10,11). The molecule has 3 nitrogen and oxygen atoms in total. The molecule has 2 N–H and O–H groups in total. The van der Waals surface area contributed by atoms with Crippen LogP contribution in [0, 0.1) is 0 Å². The zero-order valence-corrected chi connectivity index (χ0v) is 6.84. The van der Waals surface area contributed by atoms with E-state index in [9.17, 15) is 4.79 Å². The summed E-state index contributed by atoms with van der Waals surface area (Å²) >= 11 is 0. The van der Waals surface area contributed by atoms with Gasteiger partial charge in [-0.05, 0) is 19.8 Å². The largest absolute Gasteiger partial charge is 0.481 e. The van der Waals surface area contributed by atoms with E-state index in [1.165, 1.54) is 6.42 Å². The minimum atomic E-state index is -0.698. The number of rotatable bonds is 2. The Morgan fingerprint density at radius 2 is 2.36 bits per heavy atom. The molecule has 0 bridgehead atoms. The molecular weight excluding hydrogens is 142 g/mol. The van der Waals surface area contributed by atoms with Crippen molar-refractivity contribution in [3.8, 4) is 0 Å². The lowest BCUT2D eigenvalue weighted by Crippen LogP contribution is -2.41. The number of aliphatic carboxylic acids is 1. The lowest BCUT2D eigenvalue weighted by atomic mass is 9.98. The molecule has 11 heavy (non-hydrogen) atoms. The Morgan fingerprint density at radius 1 is 1.64 bits per heavy atom. The van der Waals surface area contributed by atoms with E-state index in [0.717, 1.165) is 12.8 Å². The van der Waals surface area contributed by atoms with Crippen molar-refractivity contribution in [3.05, 3.63) is 0 Å². The van der Waals surface area contributed by atoms with Crippen molar-refractivity contribution < 1.29 is 9.90 Å². The van der Waals surface area contributed by atoms with Crippen LogP contribution in [0.4, 0.5) is 0 Å². The molecule has 2 unspecified atom stereocenters. The van der Waals surface area contributed by atoms with Gasteiger partial charge in [-0.1, -0.05) is 6.42 Å². The fraction of sp³-hybridized carbons (Fsp3) is 0.875. The van der Waals surface area contributed by atoms with Gasteiger partial charge in [0.2, 0.25) is 0 Å². The van der Waals surface area contributed by atoms with Crippen LogP contribution in [-0.2, 0) is 4.79 Å². The molecule has 0 amide bonds. The van der Waals surface area contributed by atoms with Gasteiger partial charge < -0.3 is 10.4 Å². The van der Waals surface area contributed by atoms with Crippen LogP contribution in [0.15, 0.2) is 0 Å². The summed E-state index contributed by atoms with van der Waals surface area (Å²) in [6.45, 7) is 2.11. The topological polar surface area (TPSA) is 49.3 Å². The normalized spacial score (nSPS) is 31.7. The molecule has 1 rings (SSSR count). The molecule has 3 heteroatoms. The molecule has 0 radical (unpaired) electrons. The number of hydrogen-bond donors (Lipinski definition) is 2. The van der Waals surface area contributed by atoms with Gasteiger partial charge in [0.25, 0.3) is 0 Å². The number of carbonyl (C=O) groups is 1. The highest BCUT2D eigenvalue weighted by molar-refractivity contribution is 5.67. The maximum Gasteiger partial charge on any atom is 0.304 e. The third kappa shape index (κ3) is 2.89. The third-order valence-electron chi connectivity index (χ3n) is 2.13. The van der Waals surface area contributed by atoms with E-state index in [2.05, 4.69) is 12.2 Å². The van der Waals surface area contributed by atoms with E-state index in [1.54, 1.807) is 0 Å². The third-order valence-corrected chi connectivity index (χ3v) is 2.13. The first kappa shape index (κ1) is 8.53. The molecule has 0 aromatic heterocycles. The number of carboxylic acids is 1. The van der Waals surface area contributed by atoms with Gasteiger partial charge in [0, 0.05) is 12.1 Å². The van der Waals surface area contributed by atoms with E-state index in [4.69, 9.17) is 5.11 Å². The van der Waals surface area contributed by atoms with Crippen molar-refractivity contribution in [3.63, 3.8) is 0 Å². The Kier molecular flexibility index (Phi) is 2.88. The number of hydrogen-bond acceptors (Lipinski definition) is 2. The molecule has 0 aromatic carbocycles. The van der Waals surface area contributed by atoms with E-state index in [-0.39, 0.29) is 12.5 Å². The molecule has 64 valence electrons. The van der Waals surface area contributed by atoms with Crippen molar-refractivity contribution in [2.75, 3.05) is 0 Å². The van der Waals surface area contributed by atoms with Crippen molar-refractivity contribution in [1.29, 1.82) is 0 Å². The summed E-state index contributed by atoms with van der Waals surface area (Å²) in [4.78, 5) is 10.3. The first-order chi connectivity index (χ1) is 5.18. The van der Waals surface area contributed by atoms with Gasteiger partial charge in [0.05, 0.1) is 6.42 Å². The van der Waals surface area contributed by atoms with Crippen molar-refractivity contribution in [2.24, 2.45) is 0 Å². The maximum atomic E-state index is 10.3. The zero-order valence-electron chi connectivity index (χ0n) is 6.84. The molecule has 1 saturated heterocycles. The molecular formula is C8H15NO2. The number of piperidine rings is 1. The Bertz CT molecular complexity index is 147. The molecule has 0 spiro atoms. The van der Waals surface area contributed by atoms with Crippen LogP contribution in [0.2, 0.25) is 0 Å². The predicted octanol–water partition coefficient (Wildman–Crippen LogP) is 0.992. The van der Waals surface area contributed by atoms with Crippen LogP contribution in [0.25, 0.3) is 0 Å². The Balaban J connectivity index is 2.28. The SMILES string of the molecule is CC1CCCC(CC(=O)O)N1. The highest BCUT2D eigenvalue weighted by Gasteiger charge is 2.19. The van der Waals surface area contributed by atoms with E-state index >= 15 is 0 Å². The summed E-state index contributed by atoms with van der Waals surface area (Å²) in [6, 6.07) is 0.698. The van der Waals surface area contributed by atoms with Gasteiger partial charge in [0.15, 0.2) is 0 Å². The van der Waals surface area contributed by atoms with Crippen molar-refractivity contribution in [1.82, 2.24) is 5.32 Å². The minimum absolute atomic E-state index is 0.205. The first-order valence-electron chi connectivity index (χ1n) is 4.16. The van der Waals surface area contributed by atoms with Crippen LogP contribution >= 0.6 is 0 Å². The summed E-state index contributed by atoms with van der Waals surface area (Å²) in [5.74, 6) is -0.698. The van der Waals surface area contributed by atoms with Gasteiger partial charge in [0.1, 0.15) is 0 Å². The Labute approximate surface area is 66.8 Å². The van der Waals surface area contributed by atoms with Gasteiger partial charge in [-0.15, -0.1) is 0 Å². The first-order valence-corrected chi connectivity index (χ1v) is 4.16. The average Bonchev–Trinajstić information content (AvgIpc) is 1.85. The lowest BCUT2D eigenvalue weighted by molar-refractivity contribution is -0.137. The number of carboxylic acid groups (broad SMARTS) is 1. The number of nitrogens with one attached hydrogen (secondary N) is 1. The second kappa shape index (κ2) is 3.72. The maximum absolute atomic E-state index is 10.3. The summed E-state index contributed by atoms with van der Waals surface area (Å²) in [5.41, 5.74) is 0. The predicted molar refractivity (Wildman–Crippen MR) is 42.5 cm³/mol. The van der Waals surface area contributed by atoms with E-state index < -0.39 is 5.97 Å². The van der Waals surface area contributed by atoms with Gasteiger partial charge in [-0.3, -0.25) is 4.79 Å². The fourth-order valence-corrected chi connectivity index (χ4v) is 1.61. The summed E-state index contributed by atoms with van der Waals surface area (Å²) < 4.78 is 0. The van der Waals surface area contributed by atoms with Crippen LogP contribution in [-0.4, -0.2) is 23.2 Å². The molecule has 1 heterocycles. The molecule has 1 aliphatic heterocycles. The van der Waals surface area contributed by atoms with Gasteiger partial charge in [-0.2, -0.15) is 0 Å². The van der Waals surface area contributed by atoms with E-state index in [1.807, 2.05) is 0 Å². The second-order valence-electron chi connectivity index (χ2n) is 3.29. The fourth-order valence-electron chi connectivity index (χ4n) is 1.61.